The van der Waals surface area contributed by atoms with Gasteiger partial charge in [0.15, 0.2) is 5.69 Å². The lowest BCUT2D eigenvalue weighted by atomic mass is 9.90. The number of hydrogen-bond acceptors (Lipinski definition) is 4. The van der Waals surface area contributed by atoms with E-state index in [1.165, 1.54) is 0 Å². The Morgan fingerprint density at radius 3 is 2.81 bits per heavy atom. The molecule has 7 nitrogen and oxygen atoms in total. The molecule has 1 amide bonds. The first-order valence-corrected chi connectivity index (χ1v) is 9.43. The molecule has 0 bridgehead atoms. The van der Waals surface area contributed by atoms with Gasteiger partial charge in [-0.15, -0.1) is 5.10 Å². The summed E-state index contributed by atoms with van der Waals surface area (Å²) >= 11 is 0. The van der Waals surface area contributed by atoms with Crippen LogP contribution in [0.1, 0.15) is 53.5 Å². The molecular formula is C20H24N6O. The van der Waals surface area contributed by atoms with Gasteiger partial charge in [-0.25, -0.2) is 4.68 Å². The van der Waals surface area contributed by atoms with E-state index in [2.05, 4.69) is 20.7 Å². The Balaban J connectivity index is 1.55. The molecule has 3 aromatic rings. The normalized spacial score (nSPS) is 19.8. The average molecular weight is 364 g/mol. The number of aryl methyl sites for hydroxylation is 1. The molecular weight excluding hydrogens is 340 g/mol. The smallest absolute Gasteiger partial charge is 0.274 e. The fourth-order valence-electron chi connectivity index (χ4n) is 3.85. The highest BCUT2D eigenvalue weighted by atomic mass is 16.2. The highest BCUT2D eigenvalue weighted by Crippen LogP contribution is 2.28. The van der Waals surface area contributed by atoms with Gasteiger partial charge in [-0.1, -0.05) is 30.2 Å². The summed E-state index contributed by atoms with van der Waals surface area (Å²) in [4.78, 5) is 12.9. The van der Waals surface area contributed by atoms with Crippen LogP contribution in [0.3, 0.4) is 0 Å². The minimum absolute atomic E-state index is 0.0506. The van der Waals surface area contributed by atoms with Gasteiger partial charge in [-0.05, 0) is 50.5 Å². The number of carbonyl (C=O) groups excluding carboxylic acids is 1. The Morgan fingerprint density at radius 1 is 1.19 bits per heavy atom. The van der Waals surface area contributed by atoms with Crippen molar-refractivity contribution in [1.29, 1.82) is 0 Å². The first kappa shape index (κ1) is 17.5. The highest BCUT2D eigenvalue weighted by Gasteiger charge is 2.30. The predicted octanol–water partition coefficient (Wildman–Crippen LogP) is 2.99. The van der Waals surface area contributed by atoms with Crippen molar-refractivity contribution < 1.29 is 4.79 Å². The zero-order valence-corrected chi connectivity index (χ0v) is 15.7. The number of nitrogens with zero attached hydrogens (tertiary/aromatic N) is 5. The van der Waals surface area contributed by atoms with Gasteiger partial charge in [0.25, 0.3) is 5.91 Å². The molecule has 0 unspecified atom stereocenters. The van der Waals surface area contributed by atoms with E-state index in [-0.39, 0.29) is 18.0 Å². The lowest BCUT2D eigenvalue weighted by Crippen LogP contribution is -2.43. The molecule has 27 heavy (non-hydrogen) atoms. The van der Waals surface area contributed by atoms with Gasteiger partial charge < -0.3 is 5.32 Å². The number of rotatable bonds is 4. The van der Waals surface area contributed by atoms with Crippen LogP contribution in [0.2, 0.25) is 0 Å². The van der Waals surface area contributed by atoms with Gasteiger partial charge in [0, 0.05) is 12.4 Å². The summed E-state index contributed by atoms with van der Waals surface area (Å²) in [5.41, 5.74) is 3.16. The van der Waals surface area contributed by atoms with Gasteiger partial charge in [-0.2, -0.15) is 5.10 Å². The van der Waals surface area contributed by atoms with Crippen molar-refractivity contribution >= 4 is 5.91 Å². The van der Waals surface area contributed by atoms with Gasteiger partial charge >= 0.3 is 0 Å². The molecule has 1 saturated carbocycles. The maximum absolute atomic E-state index is 12.9. The standard InChI is InChI=1S/C20H24N6O/c1-14-7-5-8-16(13-14)26-15(2)19(23-24-26)20(27)22-17-9-3-4-10-18(17)25-12-6-11-21-25/h5-8,11-13,17-18H,3-4,9-10H2,1-2H3,(H,22,27)/t17-,18+/m0/s1. The predicted molar refractivity (Wildman–Crippen MR) is 102 cm³/mol. The number of carbonyl (C=O) groups is 1. The van der Waals surface area contributed by atoms with Crippen LogP contribution >= 0.6 is 0 Å². The minimum atomic E-state index is -0.171. The summed E-state index contributed by atoms with van der Waals surface area (Å²) in [5, 5.41) is 15.9. The fourth-order valence-corrected chi connectivity index (χ4v) is 3.85. The van der Waals surface area contributed by atoms with Crippen molar-refractivity contribution in [3.63, 3.8) is 0 Å². The molecule has 1 aromatic carbocycles. The first-order valence-electron chi connectivity index (χ1n) is 9.43. The van der Waals surface area contributed by atoms with Crippen LogP contribution in [0.4, 0.5) is 0 Å². The second kappa shape index (κ2) is 7.34. The van der Waals surface area contributed by atoms with E-state index >= 15 is 0 Å². The van der Waals surface area contributed by atoms with E-state index < -0.39 is 0 Å². The Bertz CT molecular complexity index is 930. The minimum Gasteiger partial charge on any atom is -0.346 e. The van der Waals surface area contributed by atoms with Gasteiger partial charge in [-0.3, -0.25) is 9.48 Å². The third kappa shape index (κ3) is 3.49. The van der Waals surface area contributed by atoms with E-state index in [1.807, 2.05) is 55.1 Å². The molecule has 0 saturated heterocycles. The van der Waals surface area contributed by atoms with Crippen LogP contribution in [-0.2, 0) is 0 Å². The SMILES string of the molecule is Cc1cccc(-n2nnc(C(=O)N[C@H]3CCCC[C@H]3n3cccn3)c2C)c1. The summed E-state index contributed by atoms with van der Waals surface area (Å²) in [6.45, 7) is 3.91. The summed E-state index contributed by atoms with van der Waals surface area (Å²) < 4.78 is 3.67. The van der Waals surface area contributed by atoms with Crippen molar-refractivity contribution in [2.24, 2.45) is 0 Å². The number of benzene rings is 1. The molecule has 2 heterocycles. The number of amides is 1. The molecule has 0 aliphatic heterocycles. The summed E-state index contributed by atoms with van der Waals surface area (Å²) in [6, 6.07) is 10.2. The molecule has 2 aromatic heterocycles. The molecule has 1 fully saturated rings. The molecule has 0 radical (unpaired) electrons. The van der Waals surface area contributed by atoms with E-state index in [1.54, 1.807) is 10.9 Å². The zero-order valence-electron chi connectivity index (χ0n) is 15.7. The maximum atomic E-state index is 12.9. The van der Waals surface area contributed by atoms with Crippen LogP contribution in [0.15, 0.2) is 42.7 Å². The quantitative estimate of drug-likeness (QED) is 0.772. The average Bonchev–Trinajstić information content (AvgIpc) is 3.32. The number of aromatic nitrogens is 5. The Labute approximate surface area is 158 Å². The van der Waals surface area contributed by atoms with E-state index in [0.29, 0.717) is 5.69 Å². The van der Waals surface area contributed by atoms with E-state index in [9.17, 15) is 4.79 Å². The topological polar surface area (TPSA) is 77.6 Å². The molecule has 140 valence electrons. The molecule has 1 aliphatic rings. The van der Waals surface area contributed by atoms with Crippen molar-refractivity contribution in [2.75, 3.05) is 0 Å². The molecule has 0 spiro atoms. The van der Waals surface area contributed by atoms with Crippen LogP contribution in [0, 0.1) is 13.8 Å². The molecule has 1 N–H and O–H groups in total. The van der Waals surface area contributed by atoms with Crippen LogP contribution in [-0.4, -0.2) is 36.7 Å². The van der Waals surface area contributed by atoms with Crippen LogP contribution in [0.5, 0.6) is 0 Å². The van der Waals surface area contributed by atoms with Gasteiger partial charge in [0.05, 0.1) is 23.5 Å². The van der Waals surface area contributed by atoms with Crippen LogP contribution < -0.4 is 5.32 Å². The second-order valence-electron chi connectivity index (χ2n) is 7.19. The van der Waals surface area contributed by atoms with E-state index in [0.717, 1.165) is 42.6 Å². The largest absolute Gasteiger partial charge is 0.346 e. The summed E-state index contributed by atoms with van der Waals surface area (Å²) in [6.07, 6.45) is 7.97. The Kier molecular flexibility index (Phi) is 4.75. The van der Waals surface area contributed by atoms with Crippen molar-refractivity contribution in [3.05, 3.63) is 59.7 Å². The molecule has 1 aliphatic carbocycles. The van der Waals surface area contributed by atoms with Gasteiger partial charge in [0.1, 0.15) is 0 Å². The lowest BCUT2D eigenvalue weighted by Gasteiger charge is -2.32. The molecule has 2 atom stereocenters. The summed E-state index contributed by atoms with van der Waals surface area (Å²) in [5.74, 6) is -0.171. The highest BCUT2D eigenvalue weighted by molar-refractivity contribution is 5.93. The second-order valence-corrected chi connectivity index (χ2v) is 7.19. The third-order valence-corrected chi connectivity index (χ3v) is 5.27. The number of nitrogens with one attached hydrogen (secondary N) is 1. The third-order valence-electron chi connectivity index (χ3n) is 5.27. The zero-order chi connectivity index (χ0) is 18.8. The summed E-state index contributed by atoms with van der Waals surface area (Å²) in [7, 11) is 0. The lowest BCUT2D eigenvalue weighted by molar-refractivity contribution is 0.0899. The molecule has 7 heteroatoms. The van der Waals surface area contributed by atoms with Gasteiger partial charge in [0.2, 0.25) is 0 Å². The van der Waals surface area contributed by atoms with Crippen LogP contribution in [0.25, 0.3) is 5.69 Å². The van der Waals surface area contributed by atoms with Crippen molar-refractivity contribution in [2.45, 2.75) is 51.6 Å². The monoisotopic (exact) mass is 364 g/mol. The fraction of sp³-hybridized carbons (Fsp3) is 0.400. The Morgan fingerprint density at radius 2 is 2.04 bits per heavy atom. The van der Waals surface area contributed by atoms with Crippen molar-refractivity contribution in [3.8, 4) is 5.69 Å². The Hall–Kier alpha value is -2.96. The van der Waals surface area contributed by atoms with E-state index in [4.69, 9.17) is 0 Å². The molecule has 4 rings (SSSR count). The first-order chi connectivity index (χ1) is 13.1. The maximum Gasteiger partial charge on any atom is 0.274 e. The van der Waals surface area contributed by atoms with Crippen molar-refractivity contribution in [1.82, 2.24) is 30.1 Å². The number of hydrogen-bond donors (Lipinski definition) is 1.